The molecule has 1 heterocycles. The van der Waals surface area contributed by atoms with Crippen molar-refractivity contribution in [3.05, 3.63) is 58.2 Å². The maximum absolute atomic E-state index is 10.6. The van der Waals surface area contributed by atoms with Crippen LogP contribution in [0.25, 0.3) is 0 Å². The summed E-state index contributed by atoms with van der Waals surface area (Å²) in [6.07, 6.45) is 5.72. The molecule has 0 bridgehead atoms. The van der Waals surface area contributed by atoms with E-state index >= 15 is 0 Å². The van der Waals surface area contributed by atoms with Crippen LogP contribution < -0.4 is 0 Å². The Bertz CT molecular complexity index is 531. The van der Waals surface area contributed by atoms with Crippen molar-refractivity contribution < 1.29 is 4.92 Å². The fourth-order valence-corrected chi connectivity index (χ4v) is 1.86. The summed E-state index contributed by atoms with van der Waals surface area (Å²) in [6.45, 7) is 2.82. The lowest BCUT2D eigenvalue weighted by Gasteiger charge is -2.07. The summed E-state index contributed by atoms with van der Waals surface area (Å²) in [4.78, 5) is 14.5. The number of aromatic nitrogens is 2. The zero-order valence-electron chi connectivity index (χ0n) is 10.2. The molecule has 0 unspecified atom stereocenters. The number of nitro benzene ring substituents is 1. The van der Waals surface area contributed by atoms with Crippen molar-refractivity contribution in [2.45, 2.75) is 26.3 Å². The first kappa shape index (κ1) is 12.3. The predicted molar refractivity (Wildman–Crippen MR) is 68.4 cm³/mol. The summed E-state index contributed by atoms with van der Waals surface area (Å²) in [5.41, 5.74) is 1.16. The van der Waals surface area contributed by atoms with E-state index in [9.17, 15) is 10.1 Å². The molecule has 18 heavy (non-hydrogen) atoms. The highest BCUT2D eigenvalue weighted by Gasteiger charge is 2.06. The highest BCUT2D eigenvalue weighted by molar-refractivity contribution is 5.33. The van der Waals surface area contributed by atoms with Gasteiger partial charge in [0.05, 0.1) is 4.92 Å². The van der Waals surface area contributed by atoms with Gasteiger partial charge in [-0.1, -0.05) is 19.1 Å². The van der Waals surface area contributed by atoms with Crippen molar-refractivity contribution in [1.82, 2.24) is 9.55 Å². The van der Waals surface area contributed by atoms with Crippen LogP contribution in [0.5, 0.6) is 0 Å². The van der Waals surface area contributed by atoms with Gasteiger partial charge in [0, 0.05) is 37.5 Å². The van der Waals surface area contributed by atoms with E-state index in [1.54, 1.807) is 18.3 Å². The summed E-state index contributed by atoms with van der Waals surface area (Å²) < 4.78 is 2.07. The maximum Gasteiger partial charge on any atom is 0.269 e. The molecule has 1 aromatic heterocycles. The van der Waals surface area contributed by atoms with Crippen molar-refractivity contribution >= 4 is 5.69 Å². The number of aryl methyl sites for hydroxylation is 1. The lowest BCUT2D eigenvalue weighted by Crippen LogP contribution is -2.04. The first-order valence-electron chi connectivity index (χ1n) is 5.94. The Hall–Kier alpha value is -2.17. The van der Waals surface area contributed by atoms with Gasteiger partial charge in [-0.2, -0.15) is 0 Å². The van der Waals surface area contributed by atoms with Gasteiger partial charge in [-0.3, -0.25) is 10.1 Å². The summed E-state index contributed by atoms with van der Waals surface area (Å²) in [5.74, 6) is 1.05. The zero-order chi connectivity index (χ0) is 13.0. The van der Waals surface area contributed by atoms with Gasteiger partial charge in [-0.25, -0.2) is 4.98 Å². The van der Waals surface area contributed by atoms with Crippen LogP contribution in [0.3, 0.4) is 0 Å². The van der Waals surface area contributed by atoms with Crippen molar-refractivity contribution in [3.63, 3.8) is 0 Å². The number of hydrogen-bond donors (Lipinski definition) is 0. The van der Waals surface area contributed by atoms with Crippen molar-refractivity contribution in [1.29, 1.82) is 0 Å². The number of benzene rings is 1. The van der Waals surface area contributed by atoms with Crippen LogP contribution in [-0.4, -0.2) is 14.5 Å². The van der Waals surface area contributed by atoms with E-state index in [1.807, 2.05) is 6.20 Å². The Balaban J connectivity index is 2.13. The van der Waals surface area contributed by atoms with E-state index in [-0.39, 0.29) is 10.6 Å². The summed E-state index contributed by atoms with van der Waals surface area (Å²) in [7, 11) is 0. The molecule has 1 aromatic carbocycles. The van der Waals surface area contributed by atoms with E-state index in [0.29, 0.717) is 6.54 Å². The first-order valence-corrected chi connectivity index (χ1v) is 5.94. The third-order valence-corrected chi connectivity index (χ3v) is 2.78. The van der Waals surface area contributed by atoms with Crippen LogP contribution in [0, 0.1) is 10.1 Å². The van der Waals surface area contributed by atoms with E-state index in [2.05, 4.69) is 16.5 Å². The Morgan fingerprint density at radius 2 is 2.06 bits per heavy atom. The molecule has 0 spiro atoms. The second kappa shape index (κ2) is 5.44. The summed E-state index contributed by atoms with van der Waals surface area (Å²) in [6, 6.07) is 6.64. The van der Waals surface area contributed by atoms with Crippen molar-refractivity contribution in [2.75, 3.05) is 0 Å². The third kappa shape index (κ3) is 2.74. The van der Waals surface area contributed by atoms with Crippen molar-refractivity contribution in [3.8, 4) is 0 Å². The number of imidazole rings is 1. The number of nitro groups is 1. The minimum Gasteiger partial charge on any atom is -0.331 e. The Morgan fingerprint density at radius 3 is 2.67 bits per heavy atom. The lowest BCUT2D eigenvalue weighted by molar-refractivity contribution is -0.384. The maximum atomic E-state index is 10.6. The largest absolute Gasteiger partial charge is 0.331 e. The molecule has 5 heteroatoms. The van der Waals surface area contributed by atoms with E-state index in [4.69, 9.17) is 0 Å². The molecule has 0 aliphatic carbocycles. The van der Waals surface area contributed by atoms with Gasteiger partial charge < -0.3 is 4.57 Å². The molecular weight excluding hydrogens is 230 g/mol. The average Bonchev–Trinajstić information content (AvgIpc) is 2.78. The summed E-state index contributed by atoms with van der Waals surface area (Å²) >= 11 is 0. The van der Waals surface area contributed by atoms with E-state index < -0.39 is 0 Å². The molecule has 0 fully saturated rings. The normalized spacial score (nSPS) is 10.5. The molecule has 2 rings (SSSR count). The molecule has 0 saturated carbocycles. The zero-order valence-corrected chi connectivity index (χ0v) is 10.2. The monoisotopic (exact) mass is 245 g/mol. The Kier molecular flexibility index (Phi) is 3.72. The Labute approximate surface area is 105 Å². The van der Waals surface area contributed by atoms with E-state index in [1.165, 1.54) is 12.1 Å². The fourth-order valence-electron chi connectivity index (χ4n) is 1.86. The summed E-state index contributed by atoms with van der Waals surface area (Å²) in [5, 5.41) is 10.6. The SMILES string of the molecule is CCCc1nccn1Cc1ccc([N+](=O)[O-])cc1. The molecule has 0 aliphatic heterocycles. The second-order valence-corrected chi connectivity index (χ2v) is 4.14. The molecule has 0 amide bonds. The number of non-ortho nitro benzene ring substituents is 1. The third-order valence-electron chi connectivity index (χ3n) is 2.78. The number of rotatable bonds is 5. The molecule has 94 valence electrons. The lowest BCUT2D eigenvalue weighted by atomic mass is 10.2. The van der Waals surface area contributed by atoms with Crippen molar-refractivity contribution in [2.24, 2.45) is 0 Å². The minimum absolute atomic E-state index is 0.123. The van der Waals surface area contributed by atoms with Crippen LogP contribution >= 0.6 is 0 Å². The van der Waals surface area contributed by atoms with Crippen LogP contribution in [0.4, 0.5) is 5.69 Å². The molecular formula is C13H15N3O2. The molecule has 0 N–H and O–H groups in total. The fraction of sp³-hybridized carbons (Fsp3) is 0.308. The van der Waals surface area contributed by atoms with Crippen LogP contribution in [-0.2, 0) is 13.0 Å². The highest BCUT2D eigenvalue weighted by atomic mass is 16.6. The Morgan fingerprint density at radius 1 is 1.33 bits per heavy atom. The number of hydrogen-bond acceptors (Lipinski definition) is 3. The van der Waals surface area contributed by atoms with E-state index in [0.717, 1.165) is 24.2 Å². The molecule has 0 saturated heterocycles. The number of nitrogens with zero attached hydrogens (tertiary/aromatic N) is 3. The van der Waals surface area contributed by atoms with Crippen LogP contribution in [0.15, 0.2) is 36.7 Å². The van der Waals surface area contributed by atoms with Crippen LogP contribution in [0.1, 0.15) is 24.7 Å². The molecule has 0 radical (unpaired) electrons. The van der Waals surface area contributed by atoms with Gasteiger partial charge in [0.1, 0.15) is 5.82 Å². The molecule has 2 aromatic rings. The van der Waals surface area contributed by atoms with Gasteiger partial charge >= 0.3 is 0 Å². The van der Waals surface area contributed by atoms with Crippen LogP contribution in [0.2, 0.25) is 0 Å². The van der Waals surface area contributed by atoms with Gasteiger partial charge in [-0.15, -0.1) is 0 Å². The average molecular weight is 245 g/mol. The van der Waals surface area contributed by atoms with Gasteiger partial charge in [-0.05, 0) is 12.0 Å². The smallest absolute Gasteiger partial charge is 0.269 e. The standard InChI is InChI=1S/C13H15N3O2/c1-2-3-13-14-8-9-15(13)10-11-4-6-12(7-5-11)16(17)18/h4-9H,2-3,10H2,1H3. The molecule has 0 aliphatic rings. The second-order valence-electron chi connectivity index (χ2n) is 4.14. The van der Waals surface area contributed by atoms with Gasteiger partial charge in [0.25, 0.3) is 5.69 Å². The van der Waals surface area contributed by atoms with Gasteiger partial charge in [0.2, 0.25) is 0 Å². The molecule has 0 atom stereocenters. The topological polar surface area (TPSA) is 61.0 Å². The minimum atomic E-state index is -0.385. The van der Waals surface area contributed by atoms with Gasteiger partial charge in [0.15, 0.2) is 0 Å². The predicted octanol–water partition coefficient (Wildman–Crippen LogP) is 2.79. The highest BCUT2D eigenvalue weighted by Crippen LogP contribution is 2.13. The molecule has 5 nitrogen and oxygen atoms in total. The quantitative estimate of drug-likeness (QED) is 0.601. The first-order chi connectivity index (χ1) is 8.70.